The average Bonchev–Trinajstić information content (AvgIpc) is 2.81. The van der Waals surface area contributed by atoms with Crippen molar-refractivity contribution in [3.63, 3.8) is 0 Å². The first-order valence-corrected chi connectivity index (χ1v) is 6.31. The first kappa shape index (κ1) is 12.2. The maximum Gasteiger partial charge on any atom is 0.161 e. The monoisotopic (exact) mass is 277 g/mol. The summed E-state index contributed by atoms with van der Waals surface area (Å²) in [6.07, 6.45) is 1.28. The molecule has 1 aliphatic rings. The van der Waals surface area contributed by atoms with Crippen LogP contribution in [0.4, 0.5) is 5.82 Å². The van der Waals surface area contributed by atoms with Crippen LogP contribution in [0.1, 0.15) is 0 Å². The summed E-state index contributed by atoms with van der Waals surface area (Å²) in [4.78, 5) is 6.57. The van der Waals surface area contributed by atoms with Crippen molar-refractivity contribution in [3.05, 3.63) is 17.3 Å². The van der Waals surface area contributed by atoms with Gasteiger partial charge in [-0.05, 0) is 0 Å². The molecule has 0 aliphatic carbocycles. The van der Waals surface area contributed by atoms with Crippen LogP contribution in [0.25, 0.3) is 11.0 Å². The van der Waals surface area contributed by atoms with Crippen LogP contribution in [0.2, 0.25) is 5.02 Å². The van der Waals surface area contributed by atoms with Gasteiger partial charge in [0.2, 0.25) is 0 Å². The number of morpholine rings is 1. The van der Waals surface area contributed by atoms with Gasteiger partial charge in [-0.3, -0.25) is 4.68 Å². The van der Waals surface area contributed by atoms with Crippen LogP contribution in [-0.2, 0) is 11.8 Å². The Hall–Kier alpha value is -1.84. The molecule has 2 aromatic heterocycles. The predicted octanol–water partition coefficient (Wildman–Crippen LogP) is 1.35. The number of fused-ring (bicyclic) bond motifs is 1. The molecule has 0 N–H and O–H groups in total. The zero-order valence-electron chi connectivity index (χ0n) is 10.4. The van der Waals surface area contributed by atoms with Crippen LogP contribution >= 0.6 is 11.6 Å². The number of halogens is 1. The predicted molar refractivity (Wildman–Crippen MR) is 71.1 cm³/mol. The van der Waals surface area contributed by atoms with Crippen LogP contribution in [0, 0.1) is 11.3 Å². The zero-order valence-corrected chi connectivity index (χ0v) is 11.1. The van der Waals surface area contributed by atoms with Gasteiger partial charge in [-0.2, -0.15) is 10.4 Å². The Morgan fingerprint density at radius 1 is 1.58 bits per heavy atom. The van der Waals surface area contributed by atoms with Gasteiger partial charge in [0.25, 0.3) is 0 Å². The van der Waals surface area contributed by atoms with Crippen LogP contribution in [-0.4, -0.2) is 40.6 Å². The number of nitrogens with zero attached hydrogens (tertiary/aromatic N) is 5. The summed E-state index contributed by atoms with van der Waals surface area (Å²) in [6, 6.07) is 3.93. The highest BCUT2D eigenvalue weighted by Gasteiger charge is 2.22. The molecule has 3 heterocycles. The molecular weight excluding hydrogens is 266 g/mol. The van der Waals surface area contributed by atoms with Crippen molar-refractivity contribution in [2.24, 2.45) is 7.05 Å². The molecule has 1 aliphatic heterocycles. The average molecular weight is 278 g/mol. The van der Waals surface area contributed by atoms with Crippen LogP contribution in [0.3, 0.4) is 0 Å². The van der Waals surface area contributed by atoms with E-state index in [1.54, 1.807) is 10.9 Å². The standard InChI is InChI=1S/C12H12ClN5O/c1-17-12-9(6-15-17)10(13)4-11(16-12)18-2-3-19-8(5-14)7-18/h4,6,8H,2-3,7H2,1H3. The summed E-state index contributed by atoms with van der Waals surface area (Å²) in [5.41, 5.74) is 0.738. The number of anilines is 1. The molecule has 1 saturated heterocycles. The van der Waals surface area contributed by atoms with E-state index in [0.29, 0.717) is 24.7 Å². The topological polar surface area (TPSA) is 67.0 Å². The van der Waals surface area contributed by atoms with E-state index < -0.39 is 6.10 Å². The van der Waals surface area contributed by atoms with Crippen LogP contribution in [0.15, 0.2) is 12.3 Å². The molecule has 7 heteroatoms. The van der Waals surface area contributed by atoms with E-state index in [2.05, 4.69) is 16.2 Å². The van der Waals surface area contributed by atoms with Gasteiger partial charge < -0.3 is 9.64 Å². The van der Waals surface area contributed by atoms with Gasteiger partial charge in [0.15, 0.2) is 11.8 Å². The van der Waals surface area contributed by atoms with Crippen LogP contribution < -0.4 is 4.90 Å². The van der Waals surface area contributed by atoms with Gasteiger partial charge in [-0.1, -0.05) is 11.6 Å². The molecule has 1 atom stereocenters. The number of aromatic nitrogens is 3. The molecule has 0 amide bonds. The molecule has 98 valence electrons. The SMILES string of the molecule is Cn1ncc2c(Cl)cc(N3CCOC(C#N)C3)nc21. The van der Waals surface area contributed by atoms with Crippen molar-refractivity contribution in [3.8, 4) is 6.07 Å². The Balaban J connectivity index is 2.01. The number of aryl methyl sites for hydroxylation is 1. The summed E-state index contributed by atoms with van der Waals surface area (Å²) in [5, 5.41) is 14.5. The molecule has 0 bridgehead atoms. The number of nitriles is 1. The second-order valence-electron chi connectivity index (χ2n) is 4.40. The minimum atomic E-state index is -0.420. The van der Waals surface area contributed by atoms with E-state index in [0.717, 1.165) is 16.9 Å². The summed E-state index contributed by atoms with van der Waals surface area (Å²) in [7, 11) is 1.83. The van der Waals surface area contributed by atoms with E-state index in [9.17, 15) is 0 Å². The largest absolute Gasteiger partial charge is 0.360 e. The highest BCUT2D eigenvalue weighted by molar-refractivity contribution is 6.35. The zero-order chi connectivity index (χ0) is 13.4. The maximum absolute atomic E-state index is 8.93. The Bertz CT molecular complexity index is 662. The minimum Gasteiger partial charge on any atom is -0.360 e. The van der Waals surface area contributed by atoms with Crippen molar-refractivity contribution in [1.82, 2.24) is 14.8 Å². The summed E-state index contributed by atoms with van der Waals surface area (Å²) in [6.45, 7) is 1.72. The van der Waals surface area contributed by atoms with Gasteiger partial charge in [0, 0.05) is 19.7 Å². The Morgan fingerprint density at radius 3 is 3.21 bits per heavy atom. The Labute approximate surface area is 115 Å². The third-order valence-electron chi connectivity index (χ3n) is 3.18. The van der Waals surface area contributed by atoms with Gasteiger partial charge in [0.05, 0.1) is 35.8 Å². The number of ether oxygens (including phenoxy) is 1. The Kier molecular flexibility index (Phi) is 3.01. The van der Waals surface area contributed by atoms with Crippen molar-refractivity contribution < 1.29 is 4.74 Å². The van der Waals surface area contributed by atoms with Crippen molar-refractivity contribution in [2.45, 2.75) is 6.10 Å². The fourth-order valence-corrected chi connectivity index (χ4v) is 2.39. The molecular formula is C12H12ClN5O. The summed E-state index contributed by atoms with van der Waals surface area (Å²) >= 11 is 6.25. The van der Waals surface area contributed by atoms with Crippen LogP contribution in [0.5, 0.6) is 0 Å². The maximum atomic E-state index is 8.93. The Morgan fingerprint density at radius 2 is 2.42 bits per heavy atom. The molecule has 0 saturated carbocycles. The first-order valence-electron chi connectivity index (χ1n) is 5.93. The van der Waals surface area contributed by atoms with Crippen molar-refractivity contribution in [2.75, 3.05) is 24.6 Å². The highest BCUT2D eigenvalue weighted by Crippen LogP contribution is 2.27. The number of rotatable bonds is 1. The lowest BCUT2D eigenvalue weighted by atomic mass is 10.2. The second kappa shape index (κ2) is 4.68. The lowest BCUT2D eigenvalue weighted by molar-refractivity contribution is 0.0762. The van der Waals surface area contributed by atoms with E-state index in [1.165, 1.54) is 0 Å². The van der Waals surface area contributed by atoms with E-state index in [4.69, 9.17) is 21.6 Å². The van der Waals surface area contributed by atoms with Gasteiger partial charge in [-0.15, -0.1) is 0 Å². The number of pyridine rings is 1. The smallest absolute Gasteiger partial charge is 0.161 e. The minimum absolute atomic E-state index is 0.420. The van der Waals surface area contributed by atoms with Gasteiger partial charge in [0.1, 0.15) is 5.82 Å². The first-order chi connectivity index (χ1) is 9.19. The highest BCUT2D eigenvalue weighted by atomic mass is 35.5. The molecule has 2 aromatic rings. The lowest BCUT2D eigenvalue weighted by Crippen LogP contribution is -2.42. The quantitative estimate of drug-likeness (QED) is 0.787. The van der Waals surface area contributed by atoms with E-state index >= 15 is 0 Å². The summed E-state index contributed by atoms with van der Waals surface area (Å²) < 4.78 is 7.01. The van der Waals surface area contributed by atoms with Crippen molar-refractivity contribution in [1.29, 1.82) is 5.26 Å². The molecule has 0 aromatic carbocycles. The fourth-order valence-electron chi connectivity index (χ4n) is 2.16. The number of hydrogen-bond donors (Lipinski definition) is 0. The molecule has 6 nitrogen and oxygen atoms in total. The van der Waals surface area contributed by atoms with E-state index in [1.807, 2.05) is 18.0 Å². The normalized spacial score (nSPS) is 19.6. The molecule has 0 spiro atoms. The third-order valence-corrected chi connectivity index (χ3v) is 3.49. The number of hydrogen-bond acceptors (Lipinski definition) is 5. The molecule has 0 radical (unpaired) electrons. The van der Waals surface area contributed by atoms with Gasteiger partial charge >= 0.3 is 0 Å². The molecule has 1 unspecified atom stereocenters. The second-order valence-corrected chi connectivity index (χ2v) is 4.81. The molecule has 1 fully saturated rings. The molecule has 19 heavy (non-hydrogen) atoms. The lowest BCUT2D eigenvalue weighted by Gasteiger charge is -2.30. The molecule has 3 rings (SSSR count). The fraction of sp³-hybridized carbons (Fsp3) is 0.417. The van der Waals surface area contributed by atoms with Crippen molar-refractivity contribution >= 4 is 28.5 Å². The third kappa shape index (κ3) is 2.11. The summed E-state index contributed by atoms with van der Waals surface area (Å²) in [5.74, 6) is 0.754. The van der Waals surface area contributed by atoms with Gasteiger partial charge in [-0.25, -0.2) is 4.98 Å². The van der Waals surface area contributed by atoms with E-state index in [-0.39, 0.29) is 0 Å².